The third-order valence-electron chi connectivity index (χ3n) is 12.6. The number of hydrogen-bond donors (Lipinski definition) is 0. The number of nitrogens with zero attached hydrogens (tertiary/aromatic N) is 1. The molecule has 1 nitrogen and oxygen atoms in total. The molecule has 0 amide bonds. The number of fused-ring (bicyclic) bond motifs is 6. The van der Waals surface area contributed by atoms with E-state index in [0.717, 1.165) is 17.1 Å². The molecule has 11 aromatic carbocycles. The first-order valence-corrected chi connectivity index (χ1v) is 23.0. The summed E-state index contributed by atoms with van der Waals surface area (Å²) < 4.78 is 0. The lowest BCUT2D eigenvalue weighted by Gasteiger charge is -2.39. The van der Waals surface area contributed by atoms with E-state index in [-0.39, 0.29) is 0 Å². The lowest BCUT2D eigenvalue weighted by Crippen LogP contribution is -2.11. The summed E-state index contributed by atoms with van der Waals surface area (Å²) in [6.07, 6.45) is 0. The molecule has 0 bridgehead atoms. The molecule has 0 aliphatic carbocycles. The summed E-state index contributed by atoms with van der Waals surface area (Å²) in [6.45, 7) is 0. The van der Waals surface area contributed by atoms with Crippen molar-refractivity contribution in [2.75, 3.05) is 4.90 Å². The van der Waals surface area contributed by atoms with Crippen molar-refractivity contribution >= 4 is 59.4 Å². The highest BCUT2D eigenvalue weighted by Gasteiger charge is 2.42. The van der Waals surface area contributed by atoms with Crippen molar-refractivity contribution in [3.8, 4) is 33.4 Å². The van der Waals surface area contributed by atoms with Crippen molar-refractivity contribution in [2.24, 2.45) is 0 Å². The van der Waals surface area contributed by atoms with Crippen LogP contribution in [0.1, 0.15) is 0 Å². The van der Waals surface area contributed by atoms with Gasteiger partial charge >= 0.3 is 0 Å². The molecule has 12 rings (SSSR count). The van der Waals surface area contributed by atoms with Crippen LogP contribution in [0, 0.1) is 0 Å². The Balaban J connectivity index is 1.08. The fraction of sp³-hybridized carbons (Fsp3) is 0. The Morgan fingerprint density at radius 3 is 1.47 bits per heavy atom. The molecule has 0 N–H and O–H groups in total. The molecular weight excluding hydrogens is 767 g/mol. The van der Waals surface area contributed by atoms with E-state index in [0.29, 0.717) is 0 Å². The average molecular weight is 808 g/mol. The van der Waals surface area contributed by atoms with Crippen LogP contribution in [0.3, 0.4) is 0 Å². The maximum absolute atomic E-state index is 2.48. The molecular formula is C60H41NS. The van der Waals surface area contributed by atoms with Crippen LogP contribution in [0.2, 0.25) is 0 Å². The topological polar surface area (TPSA) is 3.24 Å². The first-order chi connectivity index (χ1) is 30.8. The van der Waals surface area contributed by atoms with E-state index in [1.165, 1.54) is 85.3 Å². The zero-order valence-corrected chi connectivity index (χ0v) is 34.8. The van der Waals surface area contributed by atoms with Crippen molar-refractivity contribution in [1.82, 2.24) is 0 Å². The predicted octanol–water partition coefficient (Wildman–Crippen LogP) is 17.3. The normalized spacial score (nSPS) is 13.2. The van der Waals surface area contributed by atoms with Gasteiger partial charge in [0, 0.05) is 36.3 Å². The van der Waals surface area contributed by atoms with E-state index in [4.69, 9.17) is 0 Å². The van der Waals surface area contributed by atoms with Gasteiger partial charge in [-0.25, -0.2) is 0 Å². The van der Waals surface area contributed by atoms with Crippen LogP contribution >= 0.6 is 10.0 Å². The van der Waals surface area contributed by atoms with E-state index in [1.807, 2.05) is 0 Å². The largest absolute Gasteiger partial charge is 0.310 e. The maximum Gasteiger partial charge on any atom is 0.0540 e. The summed E-state index contributed by atoms with van der Waals surface area (Å²) in [5.41, 5.74) is 10.9. The molecule has 0 radical (unpaired) electrons. The highest BCUT2D eigenvalue weighted by molar-refractivity contribution is 8.34. The van der Waals surface area contributed by atoms with Crippen molar-refractivity contribution in [3.05, 3.63) is 249 Å². The quantitative estimate of drug-likeness (QED) is 0.155. The molecule has 0 spiro atoms. The lowest BCUT2D eigenvalue weighted by atomic mass is 9.91. The highest BCUT2D eigenvalue weighted by Crippen LogP contribution is 2.80. The molecule has 62 heavy (non-hydrogen) atoms. The van der Waals surface area contributed by atoms with Gasteiger partial charge in [0.15, 0.2) is 0 Å². The molecule has 2 heteroatoms. The summed E-state index contributed by atoms with van der Waals surface area (Å²) in [6, 6.07) is 92.2. The summed E-state index contributed by atoms with van der Waals surface area (Å²) in [5.74, 6) is 0. The smallest absolute Gasteiger partial charge is 0.0540 e. The van der Waals surface area contributed by atoms with Gasteiger partial charge in [0.05, 0.1) is 5.69 Å². The van der Waals surface area contributed by atoms with Crippen LogP contribution < -0.4 is 4.90 Å². The first kappa shape index (κ1) is 36.2. The van der Waals surface area contributed by atoms with Crippen molar-refractivity contribution in [1.29, 1.82) is 0 Å². The van der Waals surface area contributed by atoms with Crippen molar-refractivity contribution in [2.45, 2.75) is 19.6 Å². The van der Waals surface area contributed by atoms with Crippen molar-refractivity contribution in [3.63, 3.8) is 0 Å². The number of benzene rings is 11. The minimum Gasteiger partial charge on any atom is -0.310 e. The molecule has 0 fully saturated rings. The molecule has 1 aliphatic rings. The number of anilines is 3. The van der Waals surface area contributed by atoms with Crippen LogP contribution in [0.4, 0.5) is 17.1 Å². The molecule has 292 valence electrons. The van der Waals surface area contributed by atoms with Gasteiger partial charge in [-0.2, -0.15) is 0 Å². The van der Waals surface area contributed by atoms with E-state index < -0.39 is 10.0 Å². The van der Waals surface area contributed by atoms with Gasteiger partial charge in [-0.05, 0) is 133 Å². The molecule has 11 aromatic rings. The summed E-state index contributed by atoms with van der Waals surface area (Å²) >= 11 is 0. The van der Waals surface area contributed by atoms with Gasteiger partial charge < -0.3 is 4.90 Å². The molecule has 0 atom stereocenters. The second kappa shape index (κ2) is 14.8. The van der Waals surface area contributed by atoms with Gasteiger partial charge in [0.2, 0.25) is 0 Å². The van der Waals surface area contributed by atoms with Crippen LogP contribution in [0.25, 0.3) is 65.7 Å². The minimum atomic E-state index is -1.83. The molecule has 1 heterocycles. The Bertz CT molecular complexity index is 3400. The Hall–Kier alpha value is -7.65. The Morgan fingerprint density at radius 1 is 0.290 bits per heavy atom. The Morgan fingerprint density at radius 2 is 0.790 bits per heavy atom. The zero-order chi connectivity index (χ0) is 41.0. The standard InChI is InChI=1S/C60H41NS/c1-4-17-43(18-5-1)53-30-14-23-45-24-15-31-54(60(45)53)44-33-35-48(36-34-44)61(57-32-16-22-42-19-12-13-29-52(42)57)49-37-38-58-56(41-49)55-39-46-20-10-11-21-47(46)40-59(55)62(58,50-25-6-2-7-26-50)51-27-8-3-9-28-51/h1-41H. The highest BCUT2D eigenvalue weighted by atomic mass is 32.3. The van der Waals surface area contributed by atoms with E-state index in [1.54, 1.807) is 0 Å². The van der Waals surface area contributed by atoms with Gasteiger partial charge in [0.1, 0.15) is 0 Å². The third kappa shape index (κ3) is 5.72. The molecule has 0 aromatic heterocycles. The summed E-state index contributed by atoms with van der Waals surface area (Å²) in [5, 5.41) is 7.45. The Labute approximate surface area is 364 Å². The predicted molar refractivity (Wildman–Crippen MR) is 263 cm³/mol. The van der Waals surface area contributed by atoms with Crippen LogP contribution in [0.15, 0.2) is 268 Å². The second-order valence-corrected chi connectivity index (χ2v) is 19.1. The monoisotopic (exact) mass is 807 g/mol. The van der Waals surface area contributed by atoms with Gasteiger partial charge in [-0.3, -0.25) is 0 Å². The van der Waals surface area contributed by atoms with Crippen LogP contribution in [0.5, 0.6) is 0 Å². The average Bonchev–Trinajstić information content (AvgIpc) is 3.63. The molecule has 0 saturated carbocycles. The minimum absolute atomic E-state index is 1.11. The second-order valence-electron chi connectivity index (χ2n) is 16.1. The summed E-state index contributed by atoms with van der Waals surface area (Å²) in [7, 11) is -1.83. The number of hydrogen-bond acceptors (Lipinski definition) is 1. The zero-order valence-electron chi connectivity index (χ0n) is 34.0. The fourth-order valence-electron chi connectivity index (χ4n) is 9.89. The molecule has 0 unspecified atom stereocenters. The van der Waals surface area contributed by atoms with E-state index >= 15 is 0 Å². The van der Waals surface area contributed by atoms with Gasteiger partial charge in [-0.15, -0.1) is 10.0 Å². The third-order valence-corrected chi connectivity index (χ3v) is 16.6. The van der Waals surface area contributed by atoms with E-state index in [2.05, 4.69) is 254 Å². The summed E-state index contributed by atoms with van der Waals surface area (Å²) in [4.78, 5) is 7.93. The van der Waals surface area contributed by atoms with Crippen molar-refractivity contribution < 1.29 is 0 Å². The maximum atomic E-state index is 2.48. The molecule has 1 aliphatic heterocycles. The SMILES string of the molecule is c1ccc(-c2cccc3cccc(-c4ccc(N(c5ccc6c(c5)-c5cc7ccccc7cc5S6(c5ccccc5)c5ccccc5)c5cccc6ccccc56)cc4)c23)cc1. The van der Waals surface area contributed by atoms with E-state index in [9.17, 15) is 0 Å². The first-order valence-electron chi connectivity index (χ1n) is 21.3. The van der Waals surface area contributed by atoms with Crippen LogP contribution in [-0.4, -0.2) is 0 Å². The lowest BCUT2D eigenvalue weighted by molar-refractivity contribution is 1.27. The Kier molecular flexibility index (Phi) is 8.65. The number of rotatable bonds is 7. The van der Waals surface area contributed by atoms with Gasteiger partial charge in [-0.1, -0.05) is 176 Å². The van der Waals surface area contributed by atoms with Gasteiger partial charge in [0.25, 0.3) is 0 Å². The molecule has 0 saturated heterocycles. The van der Waals surface area contributed by atoms with Crippen LogP contribution in [-0.2, 0) is 0 Å². The fourth-order valence-corrected chi connectivity index (χ4v) is 14.1.